The molecule has 5 rings (SSSR count). The van der Waals surface area contributed by atoms with Crippen LogP contribution in [0.15, 0.2) is 61.2 Å². The summed E-state index contributed by atoms with van der Waals surface area (Å²) in [5, 5.41) is 5.92. The third kappa shape index (κ3) is 4.64. The molecule has 0 bridgehead atoms. The minimum Gasteiger partial charge on any atom is -0.365 e. The Balaban J connectivity index is 1.44. The van der Waals surface area contributed by atoms with Crippen LogP contribution in [-0.2, 0) is 4.79 Å². The molecular weight excluding hydrogens is 451 g/mol. The lowest BCUT2D eigenvalue weighted by molar-refractivity contribution is -0.117. The number of rotatable bonds is 7. The first kappa shape index (κ1) is 22.0. The number of nitrogens with two attached hydrogens (primary N) is 1. The number of primary amides is 1. The molecule has 1 aliphatic rings. The number of imidazole rings is 1. The first-order valence-corrected chi connectivity index (χ1v) is 10.9. The van der Waals surface area contributed by atoms with E-state index in [0.717, 1.165) is 17.7 Å². The molecule has 35 heavy (non-hydrogen) atoms. The quantitative estimate of drug-likeness (QED) is 0.321. The highest BCUT2D eigenvalue weighted by Crippen LogP contribution is 2.29. The molecule has 0 spiro atoms. The SMILES string of the molecule is NC(=O)c1cnc(Nc2cc(N3CCCC3=O)ccc2F)nc1Nc1cccc(-c2cnc[nH]2)c1. The first-order chi connectivity index (χ1) is 17.0. The van der Waals surface area contributed by atoms with Crippen molar-refractivity contribution < 1.29 is 14.0 Å². The Morgan fingerprint density at radius 1 is 1.14 bits per heavy atom. The summed E-state index contributed by atoms with van der Waals surface area (Å²) in [6.07, 6.45) is 5.77. The van der Waals surface area contributed by atoms with E-state index in [0.29, 0.717) is 24.3 Å². The number of amides is 2. The summed E-state index contributed by atoms with van der Waals surface area (Å²) < 4.78 is 14.6. The molecule has 2 amide bonds. The number of carbonyl (C=O) groups excluding carboxylic acids is 2. The lowest BCUT2D eigenvalue weighted by Gasteiger charge is -2.17. The predicted molar refractivity (Wildman–Crippen MR) is 129 cm³/mol. The van der Waals surface area contributed by atoms with Crippen molar-refractivity contribution >= 4 is 40.6 Å². The monoisotopic (exact) mass is 472 g/mol. The van der Waals surface area contributed by atoms with Crippen molar-refractivity contribution in [3.8, 4) is 11.3 Å². The molecule has 0 atom stereocenters. The fraction of sp³-hybridized carbons (Fsp3) is 0.125. The minimum absolute atomic E-state index is 0.00605. The Hall–Kier alpha value is -4.80. The Labute approximate surface area is 199 Å². The van der Waals surface area contributed by atoms with Gasteiger partial charge in [-0.1, -0.05) is 12.1 Å². The van der Waals surface area contributed by atoms with Crippen LogP contribution in [0.3, 0.4) is 0 Å². The fourth-order valence-corrected chi connectivity index (χ4v) is 3.85. The lowest BCUT2D eigenvalue weighted by Crippen LogP contribution is -2.23. The lowest BCUT2D eigenvalue weighted by atomic mass is 10.1. The number of benzene rings is 2. The number of hydrogen-bond acceptors (Lipinski definition) is 7. The summed E-state index contributed by atoms with van der Waals surface area (Å²) in [6.45, 7) is 0.583. The Kier molecular flexibility index (Phi) is 5.80. The average Bonchev–Trinajstić information content (AvgIpc) is 3.53. The van der Waals surface area contributed by atoms with E-state index in [1.807, 2.05) is 18.2 Å². The number of nitrogens with zero attached hydrogens (tertiary/aromatic N) is 4. The van der Waals surface area contributed by atoms with Crippen LogP contribution in [-0.4, -0.2) is 38.3 Å². The van der Waals surface area contributed by atoms with Gasteiger partial charge in [-0.3, -0.25) is 9.59 Å². The zero-order valence-corrected chi connectivity index (χ0v) is 18.5. The number of halogens is 1. The van der Waals surface area contributed by atoms with Gasteiger partial charge in [0.25, 0.3) is 5.91 Å². The second-order valence-electron chi connectivity index (χ2n) is 7.93. The summed E-state index contributed by atoms with van der Waals surface area (Å²) in [6, 6.07) is 11.8. The normalized spacial score (nSPS) is 13.2. The van der Waals surface area contributed by atoms with E-state index in [4.69, 9.17) is 5.73 Å². The van der Waals surface area contributed by atoms with Crippen molar-refractivity contribution in [1.82, 2.24) is 19.9 Å². The van der Waals surface area contributed by atoms with Gasteiger partial charge in [-0.15, -0.1) is 0 Å². The van der Waals surface area contributed by atoms with Crippen LogP contribution in [0.25, 0.3) is 11.3 Å². The van der Waals surface area contributed by atoms with Gasteiger partial charge in [-0.25, -0.2) is 14.4 Å². The van der Waals surface area contributed by atoms with E-state index >= 15 is 0 Å². The molecule has 0 saturated carbocycles. The molecule has 1 fully saturated rings. The Morgan fingerprint density at radius 2 is 2.03 bits per heavy atom. The fourth-order valence-electron chi connectivity index (χ4n) is 3.85. The smallest absolute Gasteiger partial charge is 0.254 e. The van der Waals surface area contributed by atoms with E-state index in [2.05, 4.69) is 30.6 Å². The van der Waals surface area contributed by atoms with E-state index in [9.17, 15) is 14.0 Å². The van der Waals surface area contributed by atoms with Crippen molar-refractivity contribution in [3.63, 3.8) is 0 Å². The highest BCUT2D eigenvalue weighted by atomic mass is 19.1. The Morgan fingerprint density at radius 3 is 2.77 bits per heavy atom. The zero-order valence-electron chi connectivity index (χ0n) is 18.5. The molecule has 5 N–H and O–H groups in total. The molecule has 4 aromatic rings. The maximum atomic E-state index is 14.6. The number of anilines is 5. The second kappa shape index (κ2) is 9.21. The topological polar surface area (TPSA) is 142 Å². The number of H-pyrrole nitrogens is 1. The molecule has 0 aliphatic carbocycles. The van der Waals surface area contributed by atoms with E-state index in [-0.39, 0.29) is 28.9 Å². The van der Waals surface area contributed by atoms with Gasteiger partial charge in [0.05, 0.1) is 23.9 Å². The van der Waals surface area contributed by atoms with Crippen LogP contribution < -0.4 is 21.3 Å². The third-order valence-electron chi connectivity index (χ3n) is 5.57. The van der Waals surface area contributed by atoms with Gasteiger partial charge in [0.2, 0.25) is 11.9 Å². The van der Waals surface area contributed by atoms with Gasteiger partial charge in [0.15, 0.2) is 0 Å². The Bertz CT molecular complexity index is 1410. The van der Waals surface area contributed by atoms with Crippen LogP contribution in [0.4, 0.5) is 33.2 Å². The zero-order chi connectivity index (χ0) is 24.4. The summed E-state index contributed by atoms with van der Waals surface area (Å²) >= 11 is 0. The maximum Gasteiger partial charge on any atom is 0.254 e. The van der Waals surface area contributed by atoms with Gasteiger partial charge in [-0.05, 0) is 36.8 Å². The predicted octanol–water partition coefficient (Wildman–Crippen LogP) is 3.72. The third-order valence-corrected chi connectivity index (χ3v) is 5.57. The van der Waals surface area contributed by atoms with E-state index < -0.39 is 11.7 Å². The van der Waals surface area contributed by atoms with Crippen LogP contribution in [0.1, 0.15) is 23.2 Å². The van der Waals surface area contributed by atoms with Crippen LogP contribution >= 0.6 is 0 Å². The summed E-state index contributed by atoms with van der Waals surface area (Å²) in [7, 11) is 0. The number of carbonyl (C=O) groups is 2. The highest BCUT2D eigenvalue weighted by Gasteiger charge is 2.23. The number of aromatic amines is 1. The van der Waals surface area contributed by atoms with Gasteiger partial charge in [0, 0.05) is 36.1 Å². The maximum absolute atomic E-state index is 14.6. The molecule has 1 saturated heterocycles. The highest BCUT2D eigenvalue weighted by molar-refractivity contribution is 5.98. The number of hydrogen-bond donors (Lipinski definition) is 4. The largest absolute Gasteiger partial charge is 0.365 e. The molecule has 11 heteroatoms. The molecule has 10 nitrogen and oxygen atoms in total. The van der Waals surface area contributed by atoms with Crippen LogP contribution in [0.5, 0.6) is 0 Å². The molecule has 2 aromatic carbocycles. The van der Waals surface area contributed by atoms with E-state index in [1.54, 1.807) is 29.6 Å². The summed E-state index contributed by atoms with van der Waals surface area (Å²) in [5.74, 6) is -1.06. The molecular formula is C24H21FN8O2. The number of aromatic nitrogens is 4. The van der Waals surface area contributed by atoms with Gasteiger partial charge in [0.1, 0.15) is 17.2 Å². The van der Waals surface area contributed by atoms with Crippen LogP contribution in [0, 0.1) is 5.82 Å². The van der Waals surface area contributed by atoms with Crippen molar-refractivity contribution in [2.45, 2.75) is 12.8 Å². The molecule has 1 aliphatic heterocycles. The molecule has 3 heterocycles. The van der Waals surface area contributed by atoms with Gasteiger partial charge < -0.3 is 26.3 Å². The van der Waals surface area contributed by atoms with Crippen LogP contribution in [0.2, 0.25) is 0 Å². The van der Waals surface area contributed by atoms with Crippen molar-refractivity contribution in [2.75, 3.05) is 22.1 Å². The summed E-state index contributed by atoms with van der Waals surface area (Å²) in [5.41, 5.74) is 8.60. The van der Waals surface area contributed by atoms with E-state index in [1.165, 1.54) is 18.3 Å². The first-order valence-electron chi connectivity index (χ1n) is 10.9. The van der Waals surface area contributed by atoms with Crippen molar-refractivity contribution in [3.05, 3.63) is 72.6 Å². The molecule has 2 aromatic heterocycles. The standard InChI is InChI=1S/C24H21FN8O2/c25-18-7-6-16(33-8-2-5-21(33)34)10-19(18)31-24-28-11-17(22(26)35)23(32-24)30-15-4-1-3-14(9-15)20-12-27-13-29-20/h1,3-4,6-7,9-13H,2,5,8H2,(H2,26,35)(H,27,29)(H2,28,30,31,32). The average molecular weight is 472 g/mol. The van der Waals surface area contributed by atoms with Gasteiger partial charge in [-0.2, -0.15) is 4.98 Å². The molecule has 176 valence electrons. The second-order valence-corrected chi connectivity index (χ2v) is 7.93. The van der Waals surface area contributed by atoms with Crippen molar-refractivity contribution in [2.24, 2.45) is 5.73 Å². The molecule has 0 radical (unpaired) electrons. The number of nitrogens with one attached hydrogen (secondary N) is 3. The van der Waals surface area contributed by atoms with Crippen molar-refractivity contribution in [1.29, 1.82) is 0 Å². The molecule has 0 unspecified atom stereocenters. The summed E-state index contributed by atoms with van der Waals surface area (Å²) in [4.78, 5) is 41.2. The van der Waals surface area contributed by atoms with Gasteiger partial charge >= 0.3 is 0 Å². The minimum atomic E-state index is -0.718.